The van der Waals surface area contributed by atoms with E-state index in [1.807, 2.05) is 19.1 Å². The zero-order valence-electron chi connectivity index (χ0n) is 10.5. The van der Waals surface area contributed by atoms with E-state index in [0.717, 1.165) is 5.56 Å². The number of aryl methyl sites for hydroxylation is 1. The monoisotopic (exact) mass is 235 g/mol. The van der Waals surface area contributed by atoms with Crippen molar-refractivity contribution in [3.8, 4) is 0 Å². The van der Waals surface area contributed by atoms with E-state index in [9.17, 15) is 9.59 Å². The number of carbonyl (C=O) groups is 2. The smallest absolute Gasteiger partial charge is 0.320 e. The van der Waals surface area contributed by atoms with Crippen LogP contribution in [0.4, 0.5) is 5.69 Å². The third-order valence-corrected chi connectivity index (χ3v) is 2.57. The predicted molar refractivity (Wildman–Crippen MR) is 65.6 cm³/mol. The van der Waals surface area contributed by atoms with Crippen LogP contribution >= 0.6 is 0 Å². The van der Waals surface area contributed by atoms with Crippen LogP contribution in [0.25, 0.3) is 0 Å². The van der Waals surface area contributed by atoms with Gasteiger partial charge in [0.05, 0.1) is 7.11 Å². The Bertz CT molecular complexity index is 421. The summed E-state index contributed by atoms with van der Waals surface area (Å²) in [4.78, 5) is 23.3. The molecule has 0 bridgehead atoms. The van der Waals surface area contributed by atoms with Crippen molar-refractivity contribution < 1.29 is 14.3 Å². The minimum atomic E-state index is -1.19. The molecule has 0 aliphatic carbocycles. The second-order valence-electron chi connectivity index (χ2n) is 4.44. The maximum Gasteiger partial charge on any atom is 0.320 e. The first-order valence-corrected chi connectivity index (χ1v) is 5.34. The van der Waals surface area contributed by atoms with E-state index in [1.54, 1.807) is 12.1 Å². The number of methoxy groups -OCH3 is 1. The maximum atomic E-state index is 11.9. The first-order chi connectivity index (χ1) is 7.87. The van der Waals surface area contributed by atoms with Gasteiger partial charge in [0, 0.05) is 5.69 Å². The van der Waals surface area contributed by atoms with Gasteiger partial charge in [-0.05, 0) is 32.9 Å². The molecule has 4 heteroatoms. The topological polar surface area (TPSA) is 55.4 Å². The summed E-state index contributed by atoms with van der Waals surface area (Å²) >= 11 is 0. The lowest BCUT2D eigenvalue weighted by Gasteiger charge is -2.20. The van der Waals surface area contributed by atoms with E-state index in [0.29, 0.717) is 5.69 Å². The number of nitrogens with one attached hydrogen (secondary N) is 1. The molecule has 0 saturated heterocycles. The molecule has 92 valence electrons. The van der Waals surface area contributed by atoms with E-state index in [2.05, 4.69) is 10.1 Å². The number of ether oxygens (including phenoxy) is 1. The number of hydrogen-bond acceptors (Lipinski definition) is 3. The molecule has 0 saturated carbocycles. The summed E-state index contributed by atoms with van der Waals surface area (Å²) in [6.45, 7) is 5.02. The van der Waals surface area contributed by atoms with E-state index in [1.165, 1.54) is 21.0 Å². The lowest BCUT2D eigenvalue weighted by molar-refractivity contribution is -0.154. The van der Waals surface area contributed by atoms with Crippen LogP contribution in [-0.4, -0.2) is 19.0 Å². The van der Waals surface area contributed by atoms with Crippen molar-refractivity contribution in [1.29, 1.82) is 0 Å². The van der Waals surface area contributed by atoms with E-state index >= 15 is 0 Å². The van der Waals surface area contributed by atoms with Gasteiger partial charge in [0.1, 0.15) is 5.41 Å². The van der Waals surface area contributed by atoms with Gasteiger partial charge >= 0.3 is 5.97 Å². The molecule has 0 fully saturated rings. The Labute approximate surface area is 101 Å². The lowest BCUT2D eigenvalue weighted by atomic mass is 9.92. The Kier molecular flexibility index (Phi) is 3.89. The number of rotatable bonds is 3. The van der Waals surface area contributed by atoms with Crippen molar-refractivity contribution in [2.75, 3.05) is 12.4 Å². The van der Waals surface area contributed by atoms with Crippen LogP contribution in [0.1, 0.15) is 19.4 Å². The summed E-state index contributed by atoms with van der Waals surface area (Å²) in [5.41, 5.74) is 0.576. The molecule has 0 heterocycles. The summed E-state index contributed by atoms with van der Waals surface area (Å²) in [5, 5.41) is 2.68. The fourth-order valence-electron chi connectivity index (χ4n) is 1.27. The number of esters is 1. The van der Waals surface area contributed by atoms with Crippen LogP contribution in [0.15, 0.2) is 24.3 Å². The van der Waals surface area contributed by atoms with E-state index < -0.39 is 11.4 Å². The fraction of sp³-hybridized carbons (Fsp3) is 0.385. The number of anilines is 1. The highest BCUT2D eigenvalue weighted by Gasteiger charge is 2.37. The van der Waals surface area contributed by atoms with Gasteiger partial charge in [-0.15, -0.1) is 0 Å². The van der Waals surface area contributed by atoms with Crippen LogP contribution in [0.3, 0.4) is 0 Å². The molecule has 0 aliphatic heterocycles. The third kappa shape index (κ3) is 3.06. The number of hydrogen-bond donors (Lipinski definition) is 1. The van der Waals surface area contributed by atoms with Crippen molar-refractivity contribution in [2.24, 2.45) is 5.41 Å². The van der Waals surface area contributed by atoms with Crippen LogP contribution < -0.4 is 5.32 Å². The number of amides is 1. The zero-order valence-corrected chi connectivity index (χ0v) is 10.5. The Balaban J connectivity index is 2.79. The Morgan fingerprint density at radius 3 is 2.18 bits per heavy atom. The Morgan fingerprint density at radius 2 is 1.71 bits per heavy atom. The first-order valence-electron chi connectivity index (χ1n) is 5.34. The highest BCUT2D eigenvalue weighted by atomic mass is 16.5. The molecule has 0 aromatic heterocycles. The quantitative estimate of drug-likeness (QED) is 0.645. The summed E-state index contributed by atoms with van der Waals surface area (Å²) in [6, 6.07) is 7.36. The molecule has 4 nitrogen and oxygen atoms in total. The SMILES string of the molecule is COC(=O)C(C)(C)C(=O)Nc1ccc(C)cc1. The second kappa shape index (κ2) is 4.99. The molecule has 1 amide bonds. The highest BCUT2D eigenvalue weighted by molar-refractivity contribution is 6.08. The minimum absolute atomic E-state index is 0.381. The maximum absolute atomic E-state index is 11.9. The van der Waals surface area contributed by atoms with E-state index in [4.69, 9.17) is 0 Å². The fourth-order valence-corrected chi connectivity index (χ4v) is 1.27. The van der Waals surface area contributed by atoms with Gasteiger partial charge < -0.3 is 10.1 Å². The Hall–Kier alpha value is -1.84. The molecule has 0 spiro atoms. The summed E-state index contributed by atoms with van der Waals surface area (Å²) < 4.78 is 4.59. The second-order valence-corrected chi connectivity index (χ2v) is 4.44. The van der Waals surface area contributed by atoms with Crippen LogP contribution in [0, 0.1) is 12.3 Å². The summed E-state index contributed by atoms with van der Waals surface area (Å²) in [6.07, 6.45) is 0. The van der Waals surface area contributed by atoms with Gasteiger partial charge in [-0.3, -0.25) is 9.59 Å². The van der Waals surface area contributed by atoms with Gasteiger partial charge in [-0.1, -0.05) is 17.7 Å². The van der Waals surface area contributed by atoms with Crippen LogP contribution in [0.2, 0.25) is 0 Å². The molecule has 0 aliphatic rings. The lowest BCUT2D eigenvalue weighted by Crippen LogP contribution is -2.38. The molecule has 1 N–H and O–H groups in total. The molecule has 1 rings (SSSR count). The van der Waals surface area contributed by atoms with Crippen molar-refractivity contribution in [3.63, 3.8) is 0 Å². The van der Waals surface area contributed by atoms with Crippen molar-refractivity contribution in [2.45, 2.75) is 20.8 Å². The normalized spacial score (nSPS) is 10.8. The van der Waals surface area contributed by atoms with Gasteiger partial charge in [0.25, 0.3) is 0 Å². The van der Waals surface area contributed by atoms with Crippen molar-refractivity contribution in [3.05, 3.63) is 29.8 Å². The third-order valence-electron chi connectivity index (χ3n) is 2.57. The highest BCUT2D eigenvalue weighted by Crippen LogP contribution is 2.20. The molecule has 0 radical (unpaired) electrons. The largest absolute Gasteiger partial charge is 0.468 e. The molecule has 1 aromatic rings. The van der Waals surface area contributed by atoms with E-state index in [-0.39, 0.29) is 5.91 Å². The van der Waals surface area contributed by atoms with Crippen molar-refractivity contribution in [1.82, 2.24) is 0 Å². The summed E-state index contributed by atoms with van der Waals surface area (Å²) in [5.74, 6) is -0.935. The first kappa shape index (κ1) is 13.2. The molecule has 0 unspecified atom stereocenters. The Morgan fingerprint density at radius 1 is 1.18 bits per heavy atom. The number of benzene rings is 1. The molecule has 0 atom stereocenters. The molecular weight excluding hydrogens is 218 g/mol. The van der Waals surface area contributed by atoms with Gasteiger partial charge in [-0.25, -0.2) is 0 Å². The van der Waals surface area contributed by atoms with Crippen LogP contribution in [-0.2, 0) is 14.3 Å². The van der Waals surface area contributed by atoms with Gasteiger partial charge in [0.2, 0.25) is 5.91 Å². The number of carbonyl (C=O) groups excluding carboxylic acids is 2. The molecule has 1 aromatic carbocycles. The minimum Gasteiger partial charge on any atom is -0.468 e. The average Bonchev–Trinajstić information content (AvgIpc) is 2.30. The average molecular weight is 235 g/mol. The summed E-state index contributed by atoms with van der Waals surface area (Å²) in [7, 11) is 1.27. The van der Waals surface area contributed by atoms with Crippen LogP contribution in [0.5, 0.6) is 0 Å². The molecular formula is C13H17NO3. The zero-order chi connectivity index (χ0) is 13.1. The van der Waals surface area contributed by atoms with Gasteiger partial charge in [0.15, 0.2) is 0 Å². The van der Waals surface area contributed by atoms with Gasteiger partial charge in [-0.2, -0.15) is 0 Å². The predicted octanol–water partition coefficient (Wildman–Crippen LogP) is 2.13. The van der Waals surface area contributed by atoms with Crippen molar-refractivity contribution >= 4 is 17.6 Å². The molecule has 17 heavy (non-hydrogen) atoms. The standard InChI is InChI=1S/C13H17NO3/c1-9-5-7-10(8-6-9)14-11(15)13(2,3)12(16)17-4/h5-8H,1-4H3,(H,14,15).